The highest BCUT2D eigenvalue weighted by Crippen LogP contribution is 2.23. The predicted octanol–water partition coefficient (Wildman–Crippen LogP) is 2.73. The third-order valence-corrected chi connectivity index (χ3v) is 4.44. The van der Waals surface area contributed by atoms with Crippen LogP contribution in [0, 0.1) is 19.8 Å². The number of hydrogen-bond acceptors (Lipinski definition) is 4. The van der Waals surface area contributed by atoms with E-state index in [9.17, 15) is 14.4 Å². The number of ketones is 1. The second kappa shape index (κ2) is 8.62. The van der Waals surface area contributed by atoms with E-state index in [0.717, 1.165) is 36.8 Å². The summed E-state index contributed by atoms with van der Waals surface area (Å²) in [4.78, 5) is 35.8. The summed E-state index contributed by atoms with van der Waals surface area (Å²) >= 11 is 0. The first-order chi connectivity index (χ1) is 11.5. The lowest BCUT2D eigenvalue weighted by Crippen LogP contribution is -2.36. The third-order valence-electron chi connectivity index (χ3n) is 4.44. The number of carbonyl (C=O) groups is 3. The van der Waals surface area contributed by atoms with E-state index < -0.39 is 5.97 Å². The van der Waals surface area contributed by atoms with Gasteiger partial charge in [0.25, 0.3) is 0 Å². The van der Waals surface area contributed by atoms with Gasteiger partial charge in [0, 0.05) is 11.5 Å². The first-order valence-electron chi connectivity index (χ1n) is 8.51. The van der Waals surface area contributed by atoms with Gasteiger partial charge in [0.15, 0.2) is 6.61 Å². The molecule has 0 radical (unpaired) electrons. The summed E-state index contributed by atoms with van der Waals surface area (Å²) in [5.41, 5.74) is 2.40. The molecule has 0 atom stereocenters. The Morgan fingerprint density at radius 3 is 2.54 bits per heavy atom. The van der Waals surface area contributed by atoms with Crippen molar-refractivity contribution in [3.63, 3.8) is 0 Å². The number of Topliss-reactive ketones (excluding diaryl/α,β-unsaturated/α-hetero) is 1. The molecule has 1 N–H and O–H groups in total. The predicted molar refractivity (Wildman–Crippen MR) is 90.8 cm³/mol. The van der Waals surface area contributed by atoms with Gasteiger partial charge < -0.3 is 10.1 Å². The number of esters is 1. The van der Waals surface area contributed by atoms with Gasteiger partial charge in [-0.1, -0.05) is 37.0 Å². The van der Waals surface area contributed by atoms with Gasteiger partial charge in [0.1, 0.15) is 6.54 Å². The Morgan fingerprint density at radius 1 is 1.12 bits per heavy atom. The Hall–Kier alpha value is -2.17. The van der Waals surface area contributed by atoms with Gasteiger partial charge in [-0.05, 0) is 38.3 Å². The van der Waals surface area contributed by atoms with Crippen LogP contribution in [-0.2, 0) is 14.3 Å². The fraction of sp³-hybridized carbons (Fsp3) is 0.526. The molecule has 1 aliphatic carbocycles. The first-order valence-corrected chi connectivity index (χ1v) is 8.51. The van der Waals surface area contributed by atoms with Crippen molar-refractivity contribution >= 4 is 17.7 Å². The van der Waals surface area contributed by atoms with Crippen LogP contribution in [0.15, 0.2) is 18.2 Å². The van der Waals surface area contributed by atoms with Crippen LogP contribution in [0.4, 0.5) is 0 Å². The minimum Gasteiger partial charge on any atom is -0.456 e. The number of amides is 1. The van der Waals surface area contributed by atoms with Crippen LogP contribution in [0.3, 0.4) is 0 Å². The summed E-state index contributed by atoms with van der Waals surface area (Å²) in [5.74, 6) is -0.906. The molecule has 24 heavy (non-hydrogen) atoms. The maximum atomic E-state index is 12.1. The highest BCUT2D eigenvalue weighted by molar-refractivity contribution is 5.99. The molecule has 1 aromatic rings. The van der Waals surface area contributed by atoms with Crippen molar-refractivity contribution in [2.24, 2.45) is 5.92 Å². The van der Waals surface area contributed by atoms with Crippen LogP contribution in [0.25, 0.3) is 0 Å². The number of carbonyl (C=O) groups excluding carboxylic acids is 3. The second-order valence-corrected chi connectivity index (χ2v) is 6.45. The lowest BCUT2D eigenvalue weighted by atomic mass is 9.89. The van der Waals surface area contributed by atoms with Crippen LogP contribution in [0.1, 0.15) is 53.6 Å². The highest BCUT2D eigenvalue weighted by Gasteiger charge is 2.21. The quantitative estimate of drug-likeness (QED) is 0.642. The average Bonchev–Trinajstić information content (AvgIpc) is 2.60. The lowest BCUT2D eigenvalue weighted by molar-refractivity contribution is -0.143. The molecule has 0 heterocycles. The van der Waals surface area contributed by atoms with Crippen molar-refractivity contribution in [2.45, 2.75) is 46.0 Å². The number of benzene rings is 1. The topological polar surface area (TPSA) is 72.5 Å². The van der Waals surface area contributed by atoms with E-state index in [1.807, 2.05) is 26.0 Å². The minimum atomic E-state index is -0.585. The number of nitrogens with one attached hydrogen (secondary N) is 1. The molecule has 0 saturated heterocycles. The summed E-state index contributed by atoms with van der Waals surface area (Å²) in [6, 6.07) is 5.59. The standard InChI is InChI=1S/C19H25NO4/c1-13-8-9-14(2)16(10-13)17(21)12-24-18(22)11-20-19(23)15-6-4-3-5-7-15/h8-10,15H,3-7,11-12H2,1-2H3,(H,20,23). The van der Waals surface area contributed by atoms with E-state index in [4.69, 9.17) is 4.74 Å². The number of aryl methyl sites for hydroxylation is 2. The Labute approximate surface area is 142 Å². The van der Waals surface area contributed by atoms with Gasteiger partial charge in [-0.3, -0.25) is 14.4 Å². The number of rotatable bonds is 6. The SMILES string of the molecule is Cc1ccc(C)c(C(=O)COC(=O)CNC(=O)C2CCCCC2)c1. The molecule has 2 rings (SSSR count). The van der Waals surface area contributed by atoms with Crippen LogP contribution in [-0.4, -0.2) is 30.8 Å². The summed E-state index contributed by atoms with van der Waals surface area (Å²) in [6.07, 6.45) is 5.06. The average molecular weight is 331 g/mol. The van der Waals surface area contributed by atoms with E-state index in [0.29, 0.717) is 5.56 Å². The minimum absolute atomic E-state index is 0.00289. The maximum Gasteiger partial charge on any atom is 0.325 e. The summed E-state index contributed by atoms with van der Waals surface area (Å²) in [5, 5.41) is 2.61. The van der Waals surface area contributed by atoms with Crippen LogP contribution in [0.5, 0.6) is 0 Å². The molecule has 0 bridgehead atoms. The van der Waals surface area contributed by atoms with Gasteiger partial charge in [0.2, 0.25) is 11.7 Å². The first kappa shape index (κ1) is 18.2. The molecule has 1 aliphatic rings. The normalized spacial score (nSPS) is 14.9. The van der Waals surface area contributed by atoms with Gasteiger partial charge in [0.05, 0.1) is 0 Å². The Balaban J connectivity index is 1.75. The zero-order chi connectivity index (χ0) is 17.5. The Bertz CT molecular complexity index is 618. The molecular weight excluding hydrogens is 306 g/mol. The van der Waals surface area contributed by atoms with E-state index in [1.54, 1.807) is 6.07 Å². The Kier molecular flexibility index (Phi) is 6.53. The van der Waals surface area contributed by atoms with Crippen LogP contribution >= 0.6 is 0 Å². The second-order valence-electron chi connectivity index (χ2n) is 6.45. The molecular formula is C19H25NO4. The maximum absolute atomic E-state index is 12.1. The zero-order valence-electron chi connectivity index (χ0n) is 14.4. The van der Waals surface area contributed by atoms with Gasteiger partial charge >= 0.3 is 5.97 Å². The molecule has 1 fully saturated rings. The van der Waals surface area contributed by atoms with E-state index in [1.165, 1.54) is 6.42 Å². The molecule has 0 spiro atoms. The van der Waals surface area contributed by atoms with Crippen LogP contribution < -0.4 is 5.32 Å². The number of ether oxygens (including phenoxy) is 1. The fourth-order valence-corrected chi connectivity index (χ4v) is 2.98. The van der Waals surface area contributed by atoms with E-state index >= 15 is 0 Å². The highest BCUT2D eigenvalue weighted by atomic mass is 16.5. The van der Waals surface area contributed by atoms with Gasteiger partial charge in [-0.25, -0.2) is 0 Å². The van der Waals surface area contributed by atoms with E-state index in [2.05, 4.69) is 5.32 Å². The van der Waals surface area contributed by atoms with Crippen molar-refractivity contribution in [2.75, 3.05) is 13.2 Å². The fourth-order valence-electron chi connectivity index (χ4n) is 2.98. The van der Waals surface area contributed by atoms with Crippen molar-refractivity contribution in [1.82, 2.24) is 5.32 Å². The molecule has 5 nitrogen and oxygen atoms in total. The van der Waals surface area contributed by atoms with Crippen molar-refractivity contribution < 1.29 is 19.1 Å². The molecule has 0 aliphatic heterocycles. The molecule has 0 unspecified atom stereocenters. The summed E-state index contributed by atoms with van der Waals surface area (Å²) in [7, 11) is 0. The van der Waals surface area contributed by atoms with Gasteiger partial charge in [-0.15, -0.1) is 0 Å². The molecule has 130 valence electrons. The van der Waals surface area contributed by atoms with E-state index in [-0.39, 0.29) is 30.8 Å². The molecule has 1 amide bonds. The monoisotopic (exact) mass is 331 g/mol. The largest absolute Gasteiger partial charge is 0.456 e. The number of hydrogen-bond donors (Lipinski definition) is 1. The smallest absolute Gasteiger partial charge is 0.325 e. The van der Waals surface area contributed by atoms with Crippen molar-refractivity contribution in [1.29, 1.82) is 0 Å². The van der Waals surface area contributed by atoms with Crippen LogP contribution in [0.2, 0.25) is 0 Å². The molecule has 1 aromatic carbocycles. The van der Waals surface area contributed by atoms with Crippen molar-refractivity contribution in [3.8, 4) is 0 Å². The summed E-state index contributed by atoms with van der Waals surface area (Å²) in [6.45, 7) is 3.26. The molecule has 1 saturated carbocycles. The lowest BCUT2D eigenvalue weighted by Gasteiger charge is -2.20. The Morgan fingerprint density at radius 2 is 1.83 bits per heavy atom. The van der Waals surface area contributed by atoms with Crippen molar-refractivity contribution in [3.05, 3.63) is 34.9 Å². The molecule has 0 aromatic heterocycles. The molecule has 5 heteroatoms. The van der Waals surface area contributed by atoms with Gasteiger partial charge in [-0.2, -0.15) is 0 Å². The zero-order valence-corrected chi connectivity index (χ0v) is 14.4. The summed E-state index contributed by atoms with van der Waals surface area (Å²) < 4.78 is 4.99. The third kappa shape index (κ3) is 5.18.